The fourth-order valence-corrected chi connectivity index (χ4v) is 2.38. The molecule has 1 amide bonds. The molecule has 0 fully saturated rings. The van der Waals surface area contributed by atoms with Crippen LogP contribution in [0.2, 0.25) is 10.0 Å². The van der Waals surface area contributed by atoms with Gasteiger partial charge in [-0.15, -0.1) is 0 Å². The van der Waals surface area contributed by atoms with Crippen molar-refractivity contribution in [2.75, 3.05) is 5.32 Å². The van der Waals surface area contributed by atoms with Gasteiger partial charge in [0.2, 0.25) is 0 Å². The van der Waals surface area contributed by atoms with Gasteiger partial charge in [-0.3, -0.25) is 4.79 Å². The fourth-order valence-electron chi connectivity index (χ4n) is 1.56. The molecular formula is C14H10Cl2INO. The van der Waals surface area contributed by atoms with Crippen molar-refractivity contribution in [3.8, 4) is 0 Å². The number of anilines is 1. The smallest absolute Gasteiger partial charge is 0.255 e. The van der Waals surface area contributed by atoms with E-state index in [0.29, 0.717) is 21.3 Å². The van der Waals surface area contributed by atoms with E-state index in [0.717, 1.165) is 9.13 Å². The molecule has 2 aromatic carbocycles. The van der Waals surface area contributed by atoms with E-state index in [9.17, 15) is 4.79 Å². The van der Waals surface area contributed by atoms with Gasteiger partial charge < -0.3 is 5.32 Å². The number of carbonyl (C=O) groups is 1. The number of hydrogen-bond acceptors (Lipinski definition) is 1. The standard InChI is InChI=1S/C14H10Cl2INO/c1-8-2-7-11(15)13(12(8)16)18-14(19)9-3-5-10(17)6-4-9/h2-7H,1H3,(H,18,19). The van der Waals surface area contributed by atoms with Gasteiger partial charge in [-0.1, -0.05) is 29.3 Å². The maximum absolute atomic E-state index is 12.1. The summed E-state index contributed by atoms with van der Waals surface area (Å²) in [6.07, 6.45) is 0. The highest BCUT2D eigenvalue weighted by atomic mass is 127. The van der Waals surface area contributed by atoms with Gasteiger partial charge in [0.1, 0.15) is 0 Å². The third kappa shape index (κ3) is 3.41. The molecule has 0 aliphatic heterocycles. The lowest BCUT2D eigenvalue weighted by Gasteiger charge is -2.11. The molecule has 2 nitrogen and oxygen atoms in total. The zero-order valence-electron chi connectivity index (χ0n) is 10.0. The van der Waals surface area contributed by atoms with Crippen LogP contribution in [0, 0.1) is 10.5 Å². The van der Waals surface area contributed by atoms with Gasteiger partial charge >= 0.3 is 0 Å². The Balaban J connectivity index is 2.29. The van der Waals surface area contributed by atoms with Gasteiger partial charge in [0.15, 0.2) is 0 Å². The zero-order valence-corrected chi connectivity index (χ0v) is 13.7. The maximum Gasteiger partial charge on any atom is 0.255 e. The normalized spacial score (nSPS) is 10.3. The number of rotatable bonds is 2. The minimum atomic E-state index is -0.231. The molecule has 2 rings (SSSR count). The van der Waals surface area contributed by atoms with Gasteiger partial charge in [-0.2, -0.15) is 0 Å². The monoisotopic (exact) mass is 405 g/mol. The van der Waals surface area contributed by atoms with Crippen molar-refractivity contribution in [2.45, 2.75) is 6.92 Å². The summed E-state index contributed by atoms with van der Waals surface area (Å²) in [5, 5.41) is 3.64. The van der Waals surface area contributed by atoms with Crippen LogP contribution in [0.4, 0.5) is 5.69 Å². The highest BCUT2D eigenvalue weighted by molar-refractivity contribution is 14.1. The van der Waals surface area contributed by atoms with E-state index in [1.807, 2.05) is 25.1 Å². The molecule has 0 saturated heterocycles. The van der Waals surface area contributed by atoms with Crippen LogP contribution in [-0.2, 0) is 0 Å². The average Bonchev–Trinajstić information content (AvgIpc) is 2.40. The van der Waals surface area contributed by atoms with Gasteiger partial charge in [-0.05, 0) is 65.4 Å². The predicted octanol–water partition coefficient (Wildman–Crippen LogP) is 5.16. The fraction of sp³-hybridized carbons (Fsp3) is 0.0714. The van der Waals surface area contributed by atoms with Crippen molar-refractivity contribution in [2.24, 2.45) is 0 Å². The third-order valence-corrected chi connectivity index (χ3v) is 4.15. The van der Waals surface area contributed by atoms with Crippen LogP contribution in [0.3, 0.4) is 0 Å². The summed E-state index contributed by atoms with van der Waals surface area (Å²) in [6.45, 7) is 1.86. The molecule has 0 aliphatic carbocycles. The Bertz CT molecular complexity index is 626. The summed E-state index contributed by atoms with van der Waals surface area (Å²) < 4.78 is 1.07. The molecule has 0 heterocycles. The summed E-state index contributed by atoms with van der Waals surface area (Å²) in [4.78, 5) is 12.1. The summed E-state index contributed by atoms with van der Waals surface area (Å²) in [5.41, 5.74) is 1.88. The summed E-state index contributed by atoms with van der Waals surface area (Å²) >= 11 is 14.4. The number of carbonyl (C=O) groups excluding carboxylic acids is 1. The molecule has 19 heavy (non-hydrogen) atoms. The van der Waals surface area contributed by atoms with Crippen molar-refractivity contribution >= 4 is 57.4 Å². The van der Waals surface area contributed by atoms with Gasteiger partial charge in [0.25, 0.3) is 5.91 Å². The van der Waals surface area contributed by atoms with E-state index in [1.54, 1.807) is 18.2 Å². The highest BCUT2D eigenvalue weighted by Gasteiger charge is 2.13. The van der Waals surface area contributed by atoms with Crippen molar-refractivity contribution in [1.29, 1.82) is 0 Å². The number of halogens is 3. The van der Waals surface area contributed by atoms with Crippen LogP contribution >= 0.6 is 45.8 Å². The Morgan fingerprint density at radius 2 is 1.74 bits per heavy atom. The average molecular weight is 406 g/mol. The van der Waals surface area contributed by atoms with Gasteiger partial charge in [-0.25, -0.2) is 0 Å². The highest BCUT2D eigenvalue weighted by Crippen LogP contribution is 2.33. The summed E-state index contributed by atoms with van der Waals surface area (Å²) in [6, 6.07) is 10.8. The van der Waals surface area contributed by atoms with Crippen molar-refractivity contribution in [1.82, 2.24) is 0 Å². The molecule has 2 aromatic rings. The molecule has 0 aromatic heterocycles. The number of benzene rings is 2. The topological polar surface area (TPSA) is 29.1 Å². The second kappa shape index (κ2) is 6.11. The van der Waals surface area contributed by atoms with Crippen LogP contribution in [-0.4, -0.2) is 5.91 Å². The molecule has 0 saturated carbocycles. The van der Waals surface area contributed by atoms with E-state index >= 15 is 0 Å². The Hall–Kier alpha value is -0.780. The lowest BCUT2D eigenvalue weighted by Crippen LogP contribution is -2.12. The molecular weight excluding hydrogens is 396 g/mol. The summed E-state index contributed by atoms with van der Waals surface area (Å²) in [7, 11) is 0. The van der Waals surface area contributed by atoms with Crippen LogP contribution in [0.1, 0.15) is 15.9 Å². The zero-order chi connectivity index (χ0) is 14.0. The van der Waals surface area contributed by atoms with Crippen LogP contribution in [0.15, 0.2) is 36.4 Å². The second-order valence-corrected chi connectivity index (χ2v) is 6.05. The Morgan fingerprint density at radius 3 is 2.37 bits per heavy atom. The molecule has 0 spiro atoms. The van der Waals surface area contributed by atoms with Gasteiger partial charge in [0.05, 0.1) is 15.7 Å². The first kappa shape index (κ1) is 14.6. The molecule has 1 N–H and O–H groups in total. The van der Waals surface area contributed by atoms with E-state index in [-0.39, 0.29) is 5.91 Å². The van der Waals surface area contributed by atoms with E-state index in [2.05, 4.69) is 27.9 Å². The van der Waals surface area contributed by atoms with Crippen molar-refractivity contribution < 1.29 is 4.79 Å². The molecule has 5 heteroatoms. The minimum Gasteiger partial charge on any atom is -0.319 e. The number of hydrogen-bond donors (Lipinski definition) is 1. The number of aryl methyl sites for hydroxylation is 1. The molecule has 0 unspecified atom stereocenters. The molecule has 0 atom stereocenters. The lowest BCUT2D eigenvalue weighted by molar-refractivity contribution is 0.102. The molecule has 98 valence electrons. The SMILES string of the molecule is Cc1ccc(Cl)c(NC(=O)c2ccc(I)cc2)c1Cl. The van der Waals surface area contributed by atoms with E-state index < -0.39 is 0 Å². The second-order valence-electron chi connectivity index (χ2n) is 4.01. The molecule has 0 aliphatic rings. The first-order valence-corrected chi connectivity index (χ1v) is 7.34. The summed E-state index contributed by atoms with van der Waals surface area (Å²) in [5.74, 6) is -0.231. The third-order valence-electron chi connectivity index (χ3n) is 2.63. The largest absolute Gasteiger partial charge is 0.319 e. The Kier molecular flexibility index (Phi) is 4.71. The van der Waals surface area contributed by atoms with Crippen LogP contribution in [0.25, 0.3) is 0 Å². The van der Waals surface area contributed by atoms with E-state index in [1.165, 1.54) is 0 Å². The van der Waals surface area contributed by atoms with Crippen molar-refractivity contribution in [3.05, 3.63) is 61.1 Å². The minimum absolute atomic E-state index is 0.231. The quantitative estimate of drug-likeness (QED) is 0.687. The number of nitrogens with one attached hydrogen (secondary N) is 1. The molecule has 0 radical (unpaired) electrons. The predicted molar refractivity (Wildman–Crippen MR) is 88.3 cm³/mol. The Labute approximate surface area is 135 Å². The van der Waals surface area contributed by atoms with Crippen molar-refractivity contribution in [3.63, 3.8) is 0 Å². The van der Waals surface area contributed by atoms with Crippen LogP contribution < -0.4 is 5.32 Å². The Morgan fingerprint density at radius 1 is 1.11 bits per heavy atom. The molecule has 0 bridgehead atoms. The lowest BCUT2D eigenvalue weighted by atomic mass is 10.2. The van der Waals surface area contributed by atoms with Crippen LogP contribution in [0.5, 0.6) is 0 Å². The number of amides is 1. The maximum atomic E-state index is 12.1. The van der Waals surface area contributed by atoms with Gasteiger partial charge in [0, 0.05) is 9.13 Å². The first-order chi connectivity index (χ1) is 8.99. The first-order valence-electron chi connectivity index (χ1n) is 5.50. The van der Waals surface area contributed by atoms with E-state index in [4.69, 9.17) is 23.2 Å².